The first-order chi connectivity index (χ1) is 17.1. The van der Waals surface area contributed by atoms with E-state index in [-0.39, 0.29) is 35.9 Å². The molecule has 0 aromatic heterocycles. The molecule has 2 aromatic carbocycles. The maximum Gasteiger partial charge on any atom is 0.257 e. The number of aliphatic hydroxyl groups is 1. The van der Waals surface area contributed by atoms with Gasteiger partial charge in [0.25, 0.3) is 11.8 Å². The minimum atomic E-state index is -0.714. The van der Waals surface area contributed by atoms with Crippen LogP contribution >= 0.6 is 0 Å². The third kappa shape index (κ3) is 5.41. The molecule has 2 aliphatic heterocycles. The van der Waals surface area contributed by atoms with E-state index in [0.29, 0.717) is 23.8 Å². The van der Waals surface area contributed by atoms with Crippen molar-refractivity contribution in [1.29, 1.82) is 0 Å². The minimum Gasteiger partial charge on any atom is -0.487 e. The molecule has 190 valence electrons. The van der Waals surface area contributed by atoms with Crippen LogP contribution in [0.2, 0.25) is 0 Å². The smallest absolute Gasteiger partial charge is 0.257 e. The Balaban J connectivity index is 1.61. The van der Waals surface area contributed by atoms with Crippen molar-refractivity contribution in [3.05, 3.63) is 65.0 Å². The number of ether oxygens (including phenoxy) is 2. The molecule has 2 aromatic rings. The number of hydrogen-bond donors (Lipinski definition) is 2. The third-order valence-corrected chi connectivity index (χ3v) is 5.96. The number of nitrogens with one attached hydrogen (secondary N) is 1. The highest BCUT2D eigenvalue weighted by Gasteiger charge is 2.34. The van der Waals surface area contributed by atoms with Crippen molar-refractivity contribution in [2.75, 3.05) is 20.1 Å². The first kappa shape index (κ1) is 25.4. The predicted octanol–water partition coefficient (Wildman–Crippen LogP) is 3.87. The van der Waals surface area contributed by atoms with Gasteiger partial charge in [0, 0.05) is 43.2 Å². The second kappa shape index (κ2) is 10.1. The lowest BCUT2D eigenvalue weighted by Crippen LogP contribution is -2.53. The summed E-state index contributed by atoms with van der Waals surface area (Å²) in [6, 6.07) is 7.17. The van der Waals surface area contributed by atoms with Gasteiger partial charge in [0.15, 0.2) is 11.6 Å². The van der Waals surface area contributed by atoms with Crippen LogP contribution in [0.5, 0.6) is 17.2 Å². The van der Waals surface area contributed by atoms with Gasteiger partial charge in [-0.05, 0) is 56.7 Å². The van der Waals surface area contributed by atoms with Crippen molar-refractivity contribution in [3.8, 4) is 17.2 Å². The van der Waals surface area contributed by atoms with E-state index in [9.17, 15) is 19.1 Å². The highest BCUT2D eigenvalue weighted by atomic mass is 19.1. The molecule has 2 amide bonds. The Morgan fingerprint density at radius 2 is 2.00 bits per heavy atom. The van der Waals surface area contributed by atoms with Gasteiger partial charge in [-0.25, -0.2) is 4.39 Å². The number of carbonyl (C=O) groups excluding carboxylic acids is 2. The molecule has 0 radical (unpaired) electrons. The summed E-state index contributed by atoms with van der Waals surface area (Å²) in [5, 5.41) is 12.2. The fraction of sp³-hybridized carbons (Fsp3) is 0.370. The van der Waals surface area contributed by atoms with E-state index in [4.69, 9.17) is 9.47 Å². The summed E-state index contributed by atoms with van der Waals surface area (Å²) in [4.78, 5) is 30.9. The Labute approximate surface area is 209 Å². The lowest BCUT2D eigenvalue weighted by Gasteiger charge is -2.35. The van der Waals surface area contributed by atoms with E-state index in [2.05, 4.69) is 10.3 Å². The summed E-state index contributed by atoms with van der Waals surface area (Å²) in [6.07, 6.45) is 4.37. The van der Waals surface area contributed by atoms with Crippen molar-refractivity contribution >= 4 is 17.6 Å². The quantitative estimate of drug-likeness (QED) is 0.468. The summed E-state index contributed by atoms with van der Waals surface area (Å²) in [7, 11) is 1.58. The van der Waals surface area contributed by atoms with Gasteiger partial charge in [-0.1, -0.05) is 13.0 Å². The van der Waals surface area contributed by atoms with Crippen LogP contribution in [-0.4, -0.2) is 59.5 Å². The maximum atomic E-state index is 15.0. The lowest BCUT2D eigenvalue weighted by molar-refractivity contribution is 0.00586. The first-order valence-corrected chi connectivity index (χ1v) is 11.9. The number of allylic oxidation sites excluding steroid dienone is 1. The van der Waals surface area contributed by atoms with Crippen molar-refractivity contribution in [2.24, 2.45) is 4.99 Å². The summed E-state index contributed by atoms with van der Waals surface area (Å²) in [6.45, 7) is 6.28. The van der Waals surface area contributed by atoms with E-state index in [1.807, 2.05) is 26.8 Å². The Morgan fingerprint density at radius 3 is 2.64 bits per heavy atom. The molecule has 0 bridgehead atoms. The number of amides is 2. The molecule has 1 saturated heterocycles. The summed E-state index contributed by atoms with van der Waals surface area (Å²) >= 11 is 0. The zero-order chi connectivity index (χ0) is 26.0. The standard InChI is InChI=1S/C27H30FN3O5/c1-5-6-7-24(29-4)30-25(33)17-11-22(19-13-27(2,3)36-23(19)12-17)35-21-9-8-16(10-20(21)28)26(34)31-14-18(32)15-31/h6-12,18,32H,5,13-15H2,1-4H3,(H,29,30,33)/b7-6-. The molecule has 0 aliphatic carbocycles. The Hall–Kier alpha value is -3.72. The number of nitrogens with zero attached hydrogens (tertiary/aromatic N) is 2. The van der Waals surface area contributed by atoms with Crippen LogP contribution in [0.15, 0.2) is 47.5 Å². The molecule has 0 unspecified atom stereocenters. The van der Waals surface area contributed by atoms with Gasteiger partial charge in [0.2, 0.25) is 0 Å². The fourth-order valence-electron chi connectivity index (χ4n) is 4.10. The SMILES string of the molecule is CC/C=C\C(=N/C)NC(=O)c1cc(Oc2ccc(C(=O)N3CC(O)C3)cc2F)c2c(c1)OC(C)(C)C2. The normalized spacial score (nSPS) is 16.9. The van der Waals surface area contributed by atoms with Gasteiger partial charge < -0.3 is 24.8 Å². The number of carbonyl (C=O) groups is 2. The number of amidine groups is 1. The fourth-order valence-corrected chi connectivity index (χ4v) is 4.10. The lowest BCUT2D eigenvalue weighted by atomic mass is 9.99. The van der Waals surface area contributed by atoms with Gasteiger partial charge in [-0.2, -0.15) is 0 Å². The van der Waals surface area contributed by atoms with Gasteiger partial charge in [-0.3, -0.25) is 14.6 Å². The topological polar surface area (TPSA) is 100 Å². The summed E-state index contributed by atoms with van der Waals surface area (Å²) in [5.41, 5.74) is 0.643. The third-order valence-electron chi connectivity index (χ3n) is 5.96. The highest BCUT2D eigenvalue weighted by Crippen LogP contribution is 2.43. The molecular weight excluding hydrogens is 465 g/mol. The minimum absolute atomic E-state index is 0.0821. The zero-order valence-electron chi connectivity index (χ0n) is 20.8. The number of benzene rings is 2. The van der Waals surface area contributed by atoms with E-state index < -0.39 is 23.4 Å². The monoisotopic (exact) mass is 495 g/mol. The number of rotatable bonds is 6. The number of hydrogen-bond acceptors (Lipinski definition) is 6. The number of aliphatic imine (C=N–C) groups is 1. The van der Waals surface area contributed by atoms with Crippen LogP contribution in [0, 0.1) is 5.82 Å². The van der Waals surface area contributed by atoms with Crippen molar-refractivity contribution < 1.29 is 28.6 Å². The molecule has 36 heavy (non-hydrogen) atoms. The molecule has 1 fully saturated rings. The number of aliphatic hydroxyl groups excluding tert-OH is 1. The number of β-amino-alcohol motifs (C(OH)–C–C–N with tert-alkyl or cyclic N) is 1. The molecule has 4 rings (SSSR count). The van der Waals surface area contributed by atoms with Gasteiger partial charge in [-0.15, -0.1) is 0 Å². The second-order valence-corrected chi connectivity index (χ2v) is 9.47. The number of likely N-dealkylation sites (tertiary alicyclic amines) is 1. The number of halogens is 1. The summed E-state index contributed by atoms with van der Waals surface area (Å²) in [5.74, 6) is -0.361. The van der Waals surface area contributed by atoms with Crippen LogP contribution in [0.4, 0.5) is 4.39 Å². The molecule has 2 aliphatic rings. The molecule has 9 heteroatoms. The Kier molecular flexibility index (Phi) is 7.12. The zero-order valence-corrected chi connectivity index (χ0v) is 20.8. The average molecular weight is 496 g/mol. The van der Waals surface area contributed by atoms with Crippen LogP contribution in [0.1, 0.15) is 53.5 Å². The number of fused-ring (bicyclic) bond motifs is 1. The van der Waals surface area contributed by atoms with Crippen molar-refractivity contribution in [2.45, 2.75) is 45.3 Å². The molecule has 0 spiro atoms. The van der Waals surface area contributed by atoms with E-state index in [1.54, 1.807) is 25.3 Å². The molecule has 2 heterocycles. The largest absolute Gasteiger partial charge is 0.487 e. The van der Waals surface area contributed by atoms with Crippen LogP contribution < -0.4 is 14.8 Å². The predicted molar refractivity (Wildman–Crippen MR) is 133 cm³/mol. The van der Waals surface area contributed by atoms with Gasteiger partial charge in [0.05, 0.1) is 6.10 Å². The van der Waals surface area contributed by atoms with E-state index >= 15 is 0 Å². The van der Waals surface area contributed by atoms with Gasteiger partial charge >= 0.3 is 0 Å². The molecule has 8 nitrogen and oxygen atoms in total. The average Bonchev–Trinajstić information content (AvgIpc) is 3.14. The van der Waals surface area contributed by atoms with Crippen LogP contribution in [-0.2, 0) is 6.42 Å². The molecule has 2 N–H and O–H groups in total. The second-order valence-electron chi connectivity index (χ2n) is 9.47. The summed E-state index contributed by atoms with van der Waals surface area (Å²) < 4.78 is 26.9. The van der Waals surface area contributed by atoms with Crippen LogP contribution in [0.3, 0.4) is 0 Å². The van der Waals surface area contributed by atoms with E-state index in [0.717, 1.165) is 18.1 Å². The van der Waals surface area contributed by atoms with Crippen LogP contribution in [0.25, 0.3) is 0 Å². The maximum absolute atomic E-state index is 15.0. The Bertz CT molecular complexity index is 1250. The van der Waals surface area contributed by atoms with Gasteiger partial charge in [0.1, 0.15) is 22.9 Å². The first-order valence-electron chi connectivity index (χ1n) is 11.9. The molecular formula is C27H30FN3O5. The molecule has 0 saturated carbocycles. The van der Waals surface area contributed by atoms with E-state index in [1.165, 1.54) is 17.0 Å². The molecule has 0 atom stereocenters. The van der Waals surface area contributed by atoms with Crippen molar-refractivity contribution in [3.63, 3.8) is 0 Å². The Morgan fingerprint density at radius 1 is 1.25 bits per heavy atom. The van der Waals surface area contributed by atoms with Crippen molar-refractivity contribution in [1.82, 2.24) is 10.2 Å². The highest BCUT2D eigenvalue weighted by molar-refractivity contribution is 6.10.